The van der Waals surface area contributed by atoms with Crippen LogP contribution in [0, 0.1) is 69.0 Å². The van der Waals surface area contributed by atoms with Gasteiger partial charge < -0.3 is 47.1 Å². The van der Waals surface area contributed by atoms with Gasteiger partial charge in [-0.3, -0.25) is 19.6 Å². The zero-order valence-corrected chi connectivity index (χ0v) is 53.1. The smallest absolute Gasteiger partial charge is 0.303 e. The number of allylic oxidation sites excluding steroid dienone is 1. The number of amides is 1. The second kappa shape index (κ2) is 22.1. The summed E-state index contributed by atoms with van der Waals surface area (Å²) in [5.41, 5.74) is 22.3. The standard InChI is InChI=1S/C71H99N7O6S2/c1-44(79)83-70-37-49-13-15-53(70)34-50-32-51(61(82)62-60(50)47-20-30-69(84-62)27-7-12-52(69)33-47)41-78-43-67(39-58(78)81)54(17-18-56(67)46-10-3-2-4-11-46)40-76-64(74)77-71(28-9-24-65(71)22-5-6-23-65)86-85-42-55-16-14-48(59(49)57(80)38-70)36-68(55)26-8-25-66(68)29-19-45(35-66)21-31-75-63(72)73/h2-4,10-11,20,30,32,45,47-49,52-57,59,80,82H,5-9,12-19,21-29,31,33-43H2,1H3,(H4,72,73,75)(H3,74,76,77). The molecule has 0 radical (unpaired) electrons. The van der Waals surface area contributed by atoms with Crippen molar-refractivity contribution in [3.63, 3.8) is 0 Å². The van der Waals surface area contributed by atoms with E-state index in [2.05, 4.69) is 85.3 Å². The molecule has 12 bridgehead atoms. The molecule has 9 saturated carbocycles. The zero-order chi connectivity index (χ0) is 58.8. The Balaban J connectivity index is 0.834. The minimum Gasteiger partial charge on any atom is -0.504 e. The zero-order valence-electron chi connectivity index (χ0n) is 51.4. The topological polar surface area (TPSA) is 211 Å². The van der Waals surface area contributed by atoms with Crippen molar-refractivity contribution in [2.24, 2.45) is 96.2 Å². The monoisotopic (exact) mass is 1210 g/mol. The number of esters is 1. The molecule has 86 heavy (non-hydrogen) atoms. The number of ether oxygens (including phenoxy) is 2. The van der Waals surface area contributed by atoms with Gasteiger partial charge in [0.05, 0.1) is 6.10 Å². The first-order valence-corrected chi connectivity index (χ1v) is 36.8. The van der Waals surface area contributed by atoms with Crippen LogP contribution in [-0.2, 0) is 27.3 Å². The van der Waals surface area contributed by atoms with Gasteiger partial charge in [-0.1, -0.05) is 77.3 Å². The second-order valence-electron chi connectivity index (χ2n) is 31.1. The largest absolute Gasteiger partial charge is 0.504 e. The van der Waals surface area contributed by atoms with Gasteiger partial charge in [-0.2, -0.15) is 0 Å². The van der Waals surface area contributed by atoms with Crippen molar-refractivity contribution in [1.82, 2.24) is 10.2 Å². The summed E-state index contributed by atoms with van der Waals surface area (Å²) < 4.78 is 14.2. The fourth-order valence-corrected chi connectivity index (χ4v) is 27.9. The Bertz CT molecular complexity index is 3030. The number of hydrogen-bond acceptors (Lipinski definition) is 12. The van der Waals surface area contributed by atoms with E-state index >= 15 is 4.79 Å². The average Bonchev–Trinajstić information content (AvgIpc) is 1.52. The lowest BCUT2D eigenvalue weighted by Crippen LogP contribution is -2.59. The van der Waals surface area contributed by atoms with Gasteiger partial charge in [-0.25, -0.2) is 0 Å². The number of rotatable bonds is 5. The third-order valence-electron chi connectivity index (χ3n) is 27.5. The Hall–Kier alpha value is -4.08. The number of benzene rings is 2. The molecule has 466 valence electrons. The molecule has 6 spiro atoms. The lowest BCUT2D eigenvalue weighted by molar-refractivity contribution is -0.203. The van der Waals surface area contributed by atoms with Crippen molar-refractivity contribution in [3.05, 3.63) is 70.8 Å². The maximum atomic E-state index is 15.1. The van der Waals surface area contributed by atoms with Gasteiger partial charge in [0.25, 0.3) is 0 Å². The molecule has 1 saturated heterocycles. The van der Waals surface area contributed by atoms with Crippen LogP contribution in [0.2, 0.25) is 0 Å². The lowest BCUT2D eigenvalue weighted by Gasteiger charge is -2.59. The summed E-state index contributed by atoms with van der Waals surface area (Å²) >= 11 is 0. The number of nitrogens with one attached hydrogen (secondary N) is 1. The minimum atomic E-state index is -0.825. The van der Waals surface area contributed by atoms with Crippen LogP contribution in [-0.4, -0.2) is 86.5 Å². The Morgan fingerprint density at radius 1 is 0.849 bits per heavy atom. The number of guanidine groups is 2. The van der Waals surface area contributed by atoms with Crippen LogP contribution in [0.4, 0.5) is 0 Å². The summed E-state index contributed by atoms with van der Waals surface area (Å²) in [7, 11) is 4.27. The molecule has 17 atom stereocenters. The number of nitrogens with two attached hydrogens (primary N) is 3. The van der Waals surface area contributed by atoms with Crippen molar-refractivity contribution in [2.45, 2.75) is 234 Å². The molecular formula is C71H99N7O6S2. The fraction of sp³-hybridized carbons (Fsp3) is 0.746. The van der Waals surface area contributed by atoms with Crippen LogP contribution in [0.3, 0.4) is 0 Å². The summed E-state index contributed by atoms with van der Waals surface area (Å²) in [6.45, 7) is 3.67. The molecular weight excluding hydrogens is 1110 g/mol. The number of aliphatic hydroxyl groups is 1. The number of hydrogen-bond donors (Lipinski definition) is 6. The highest BCUT2D eigenvalue weighted by Gasteiger charge is 2.66. The van der Waals surface area contributed by atoms with E-state index in [9.17, 15) is 15.0 Å². The molecule has 10 aliphatic carbocycles. The number of aromatic hydroxyl groups is 1. The van der Waals surface area contributed by atoms with E-state index in [4.69, 9.17) is 31.7 Å². The van der Waals surface area contributed by atoms with Crippen molar-refractivity contribution in [1.29, 1.82) is 0 Å². The molecule has 13 nitrogen and oxygen atoms in total. The maximum absolute atomic E-state index is 15.1. The molecule has 0 aromatic heterocycles. The number of aliphatic imine (C=N–C) groups is 2. The molecule has 17 unspecified atom stereocenters. The van der Waals surface area contributed by atoms with Gasteiger partial charge in [-0.05, 0) is 230 Å². The van der Waals surface area contributed by atoms with E-state index in [1.54, 1.807) is 6.92 Å². The Morgan fingerprint density at radius 3 is 2.45 bits per heavy atom. The number of phenols is 1. The molecule has 17 aliphatic rings. The number of nitrogens with zero attached hydrogens (tertiary/aromatic N) is 3. The van der Waals surface area contributed by atoms with Crippen molar-refractivity contribution >= 4 is 45.4 Å². The van der Waals surface area contributed by atoms with Crippen molar-refractivity contribution in [3.8, 4) is 11.5 Å². The molecule has 2 aromatic rings. The molecule has 7 aliphatic heterocycles. The van der Waals surface area contributed by atoms with Gasteiger partial charge in [0.15, 0.2) is 23.4 Å². The van der Waals surface area contributed by atoms with Crippen LogP contribution in [0.25, 0.3) is 0 Å². The van der Waals surface area contributed by atoms with E-state index < -0.39 is 17.3 Å². The molecule has 1 amide bonds. The SMILES string of the molecule is CC(=O)OC12CC(O)C3C(CCC1Cc1cc(c(O)c4c1C1C=CC5(CCCC5C1)O4)CN1CC4(CC1=O)C(CCC4c1ccccc1)CN=C(N)NC1(CCCC14CCCC4)SSCC1CCC3CC13CCCC31CCC(CCN=C(N)N)C1)C2. The van der Waals surface area contributed by atoms with Crippen LogP contribution in [0.1, 0.15) is 221 Å². The van der Waals surface area contributed by atoms with Gasteiger partial charge in [0, 0.05) is 91.4 Å². The minimum absolute atomic E-state index is 0.0407. The number of carbonyl (C=O) groups is 2. The number of carbonyl (C=O) groups excluding carboxylic acids is 2. The molecule has 15 heteroatoms. The Morgan fingerprint density at radius 2 is 1.63 bits per heavy atom. The summed E-state index contributed by atoms with van der Waals surface area (Å²) in [6, 6.07) is 13.1. The fourth-order valence-electron chi connectivity index (χ4n) is 24.0. The van der Waals surface area contributed by atoms with Crippen LogP contribution in [0.5, 0.6) is 11.5 Å². The van der Waals surface area contributed by atoms with Crippen LogP contribution < -0.4 is 27.3 Å². The highest BCUT2D eigenvalue weighted by atomic mass is 33.1. The Labute approximate surface area is 519 Å². The van der Waals surface area contributed by atoms with E-state index in [-0.39, 0.29) is 92.2 Å². The van der Waals surface area contributed by atoms with E-state index in [1.807, 2.05) is 0 Å². The van der Waals surface area contributed by atoms with Gasteiger partial charge >= 0.3 is 5.97 Å². The van der Waals surface area contributed by atoms with Gasteiger partial charge in [0.1, 0.15) is 16.1 Å². The third kappa shape index (κ3) is 9.42. The van der Waals surface area contributed by atoms with Crippen LogP contribution >= 0.6 is 21.6 Å². The first-order valence-electron chi connectivity index (χ1n) is 34.5. The summed E-state index contributed by atoms with van der Waals surface area (Å²) in [5, 5.41) is 30.2. The molecule has 7 heterocycles. The predicted octanol–water partition coefficient (Wildman–Crippen LogP) is 12.7. The maximum Gasteiger partial charge on any atom is 0.303 e. The first-order chi connectivity index (χ1) is 41.6. The molecule has 9 N–H and O–H groups in total. The average molecular weight is 1210 g/mol. The second-order valence-corrected chi connectivity index (χ2v) is 33.7. The Kier molecular flexibility index (Phi) is 15.0. The lowest BCUT2D eigenvalue weighted by atomic mass is 9.47. The molecule has 2 aromatic carbocycles. The van der Waals surface area contributed by atoms with E-state index in [0.717, 1.165) is 99.5 Å². The first kappa shape index (κ1) is 58.3. The van der Waals surface area contributed by atoms with Crippen molar-refractivity contribution in [2.75, 3.05) is 25.4 Å². The molecule has 10 fully saturated rings. The highest BCUT2D eigenvalue weighted by Crippen LogP contribution is 2.73. The summed E-state index contributed by atoms with van der Waals surface area (Å²) in [5.74, 6) is 5.12. The van der Waals surface area contributed by atoms with Crippen molar-refractivity contribution < 1.29 is 29.3 Å². The number of phenolic OH excluding ortho intramolecular Hbond substituents is 1. The van der Waals surface area contributed by atoms with E-state index in [0.29, 0.717) is 74.3 Å². The number of aliphatic hydroxyl groups excluding tert-OH is 1. The quantitative estimate of drug-likeness (QED) is 0.0543. The molecule has 19 rings (SSSR count). The predicted molar refractivity (Wildman–Crippen MR) is 342 cm³/mol. The van der Waals surface area contributed by atoms with Crippen LogP contribution in [0.15, 0.2) is 58.5 Å². The van der Waals surface area contributed by atoms with Gasteiger partial charge in [0.2, 0.25) is 5.91 Å². The summed E-state index contributed by atoms with van der Waals surface area (Å²) in [6.07, 6.45) is 34.8. The van der Waals surface area contributed by atoms with E-state index in [1.165, 1.54) is 95.5 Å². The third-order valence-corrected chi connectivity index (χ3v) is 30.8. The highest BCUT2D eigenvalue weighted by molar-refractivity contribution is 8.77. The normalized spacial score (nSPS) is 42.9. The summed E-state index contributed by atoms with van der Waals surface area (Å²) in [4.78, 5) is 40.6. The van der Waals surface area contributed by atoms with Gasteiger partial charge in [-0.15, -0.1) is 0 Å².